The van der Waals surface area contributed by atoms with Gasteiger partial charge in [-0.25, -0.2) is 4.79 Å². The Morgan fingerprint density at radius 2 is 2.07 bits per heavy atom. The number of β-lactam (4-membered cyclic amide) rings is 1. The molecule has 8 heteroatoms. The second kappa shape index (κ2) is 9.83. The second-order valence-corrected chi connectivity index (χ2v) is 15.0. The Morgan fingerprint density at radius 3 is 2.63 bits per heavy atom. The van der Waals surface area contributed by atoms with Crippen molar-refractivity contribution in [2.45, 2.75) is 83.3 Å². The van der Waals surface area contributed by atoms with Gasteiger partial charge in [-0.2, -0.15) is 0 Å². The van der Waals surface area contributed by atoms with Crippen LogP contribution in [0, 0.1) is 17.8 Å². The van der Waals surface area contributed by atoms with E-state index in [1.165, 1.54) is 6.08 Å². The maximum Gasteiger partial charge on any atom is 0.407 e. The monoisotopic (exact) mass is 440 g/mol. The minimum absolute atomic E-state index is 0.00617. The van der Waals surface area contributed by atoms with Crippen LogP contribution in [0.5, 0.6) is 0 Å². The summed E-state index contributed by atoms with van der Waals surface area (Å²) in [4.78, 5) is 24.1. The lowest BCUT2D eigenvalue weighted by Gasteiger charge is -2.50. The average molecular weight is 441 g/mol. The molecular formula is C22H40N2O5Si. The molecule has 0 unspecified atom stereocenters. The van der Waals surface area contributed by atoms with Crippen molar-refractivity contribution in [3.8, 4) is 0 Å². The summed E-state index contributed by atoms with van der Waals surface area (Å²) in [5, 5.41) is 16.8. The van der Waals surface area contributed by atoms with E-state index in [4.69, 9.17) is 9.16 Å². The molecule has 0 aromatic carbocycles. The summed E-state index contributed by atoms with van der Waals surface area (Å²) in [6.45, 7) is 17.0. The standard InChI is InChI=1S/C22H40N2O5Si/c1-8-12-28-21(27)23-13-15-10-9-11-16(19(15)25)18-17(20(26)24-18)14(2)29-30(6,7)22(3,4)5/h8,14-19,25H,1,9-13H2,2-7H3,(H,23,27)(H,24,26)/t14-,15-,16-,17-,18-,19+/m1/s1. The van der Waals surface area contributed by atoms with Crippen LogP contribution in [0.15, 0.2) is 12.7 Å². The van der Waals surface area contributed by atoms with Gasteiger partial charge in [0, 0.05) is 24.4 Å². The number of hydrogen-bond acceptors (Lipinski definition) is 5. The quantitative estimate of drug-likeness (QED) is 0.306. The van der Waals surface area contributed by atoms with Gasteiger partial charge in [0.2, 0.25) is 5.91 Å². The number of ether oxygens (including phenoxy) is 1. The summed E-state index contributed by atoms with van der Waals surface area (Å²) >= 11 is 0. The molecule has 6 atom stereocenters. The number of carbonyl (C=O) groups is 2. The molecule has 3 N–H and O–H groups in total. The van der Waals surface area contributed by atoms with Crippen LogP contribution in [-0.4, -0.2) is 56.8 Å². The molecule has 1 saturated carbocycles. The summed E-state index contributed by atoms with van der Waals surface area (Å²) in [6, 6.07) is -0.0946. The zero-order valence-electron chi connectivity index (χ0n) is 19.4. The first kappa shape index (κ1) is 24.9. The lowest BCUT2D eigenvalue weighted by molar-refractivity contribution is -0.146. The highest BCUT2D eigenvalue weighted by atomic mass is 28.4. The van der Waals surface area contributed by atoms with Crippen LogP contribution >= 0.6 is 0 Å². The highest BCUT2D eigenvalue weighted by molar-refractivity contribution is 6.74. The number of amides is 2. The molecule has 2 rings (SSSR count). The molecule has 2 fully saturated rings. The van der Waals surface area contributed by atoms with Crippen molar-refractivity contribution in [1.29, 1.82) is 0 Å². The largest absolute Gasteiger partial charge is 0.445 e. The molecule has 0 radical (unpaired) electrons. The lowest BCUT2D eigenvalue weighted by Crippen LogP contribution is -2.68. The number of rotatable bonds is 8. The highest BCUT2D eigenvalue weighted by Gasteiger charge is 2.52. The van der Waals surface area contributed by atoms with Crippen molar-refractivity contribution < 1.29 is 23.9 Å². The number of nitrogens with one attached hydrogen (secondary N) is 2. The summed E-state index contributed by atoms with van der Waals surface area (Å²) in [5.74, 6) is -0.340. The van der Waals surface area contributed by atoms with Gasteiger partial charge >= 0.3 is 6.09 Å². The topological polar surface area (TPSA) is 96.9 Å². The lowest BCUT2D eigenvalue weighted by atomic mass is 9.68. The summed E-state index contributed by atoms with van der Waals surface area (Å²) < 4.78 is 11.4. The first-order valence-corrected chi connectivity index (χ1v) is 14.0. The van der Waals surface area contributed by atoms with Crippen LogP contribution < -0.4 is 10.6 Å². The fourth-order valence-corrected chi connectivity index (χ4v) is 5.76. The van der Waals surface area contributed by atoms with Crippen molar-refractivity contribution >= 4 is 20.3 Å². The molecule has 1 aliphatic heterocycles. The minimum atomic E-state index is -2.00. The molecule has 0 spiro atoms. The molecule has 30 heavy (non-hydrogen) atoms. The summed E-state index contributed by atoms with van der Waals surface area (Å²) in [6.07, 6.45) is 2.86. The Labute approximate surface area is 182 Å². The van der Waals surface area contributed by atoms with Gasteiger partial charge in [-0.3, -0.25) is 4.79 Å². The van der Waals surface area contributed by atoms with Crippen LogP contribution in [0.2, 0.25) is 18.1 Å². The van der Waals surface area contributed by atoms with Gasteiger partial charge in [0.05, 0.1) is 18.1 Å². The number of hydrogen-bond donors (Lipinski definition) is 3. The van der Waals surface area contributed by atoms with Crippen LogP contribution in [-0.2, 0) is 14.0 Å². The molecular weight excluding hydrogens is 400 g/mol. The summed E-state index contributed by atoms with van der Waals surface area (Å²) in [7, 11) is -2.00. The zero-order valence-corrected chi connectivity index (χ0v) is 20.4. The van der Waals surface area contributed by atoms with Crippen LogP contribution in [0.4, 0.5) is 4.79 Å². The number of alkyl carbamates (subject to hydrolysis) is 1. The molecule has 0 aromatic heterocycles. The molecule has 1 aliphatic carbocycles. The predicted molar refractivity (Wildman–Crippen MR) is 120 cm³/mol. The third-order valence-corrected chi connectivity index (χ3v) is 11.7. The van der Waals surface area contributed by atoms with Crippen LogP contribution in [0.25, 0.3) is 0 Å². The van der Waals surface area contributed by atoms with Gasteiger partial charge in [0.1, 0.15) is 6.61 Å². The Kier molecular flexibility index (Phi) is 8.15. The number of aliphatic hydroxyl groups is 1. The van der Waals surface area contributed by atoms with E-state index >= 15 is 0 Å². The van der Waals surface area contributed by atoms with Crippen molar-refractivity contribution in [3.63, 3.8) is 0 Å². The maximum absolute atomic E-state index is 12.4. The molecule has 1 saturated heterocycles. The SMILES string of the molecule is C=CCOC(=O)NC[C@H]1CCC[C@H]([C@H]2NC(=O)[C@@H]2[C@@H](C)O[Si](C)(C)C(C)(C)C)[C@H]1O. The zero-order chi connectivity index (χ0) is 22.7. The molecule has 0 bridgehead atoms. The van der Waals surface area contributed by atoms with Crippen molar-refractivity contribution in [2.75, 3.05) is 13.2 Å². The van der Waals surface area contributed by atoms with E-state index in [0.29, 0.717) is 6.54 Å². The fraction of sp³-hybridized carbons (Fsp3) is 0.818. The Bertz CT molecular complexity index is 634. The van der Waals surface area contributed by atoms with Crippen LogP contribution in [0.3, 0.4) is 0 Å². The van der Waals surface area contributed by atoms with Gasteiger partial charge in [-0.05, 0) is 37.9 Å². The van der Waals surface area contributed by atoms with E-state index in [0.717, 1.165) is 19.3 Å². The van der Waals surface area contributed by atoms with Gasteiger partial charge in [-0.1, -0.05) is 39.8 Å². The first-order chi connectivity index (χ1) is 13.9. The van der Waals surface area contributed by atoms with Crippen molar-refractivity contribution in [1.82, 2.24) is 10.6 Å². The van der Waals surface area contributed by atoms with E-state index in [1.54, 1.807) is 0 Å². The third kappa shape index (κ3) is 5.65. The first-order valence-electron chi connectivity index (χ1n) is 11.1. The number of carbonyl (C=O) groups excluding carboxylic acids is 2. The van der Waals surface area contributed by atoms with E-state index in [1.807, 2.05) is 6.92 Å². The molecule has 7 nitrogen and oxygen atoms in total. The van der Waals surface area contributed by atoms with E-state index in [-0.39, 0.29) is 47.5 Å². The smallest absolute Gasteiger partial charge is 0.407 e. The molecule has 0 aromatic rings. The third-order valence-electron chi connectivity index (χ3n) is 7.13. The van der Waals surface area contributed by atoms with E-state index in [9.17, 15) is 14.7 Å². The van der Waals surface area contributed by atoms with E-state index in [2.05, 4.69) is 51.1 Å². The molecule has 172 valence electrons. The maximum atomic E-state index is 12.4. The van der Waals surface area contributed by atoms with Gasteiger partial charge in [-0.15, -0.1) is 0 Å². The Balaban J connectivity index is 1.99. The average Bonchev–Trinajstić information content (AvgIpc) is 2.62. The number of aliphatic hydroxyl groups excluding tert-OH is 1. The predicted octanol–water partition coefficient (Wildman–Crippen LogP) is 3.20. The van der Waals surface area contributed by atoms with Gasteiger partial charge in [0.25, 0.3) is 0 Å². The van der Waals surface area contributed by atoms with E-state index < -0.39 is 20.5 Å². The minimum Gasteiger partial charge on any atom is -0.445 e. The molecule has 2 amide bonds. The highest BCUT2D eigenvalue weighted by Crippen LogP contribution is 2.42. The van der Waals surface area contributed by atoms with Gasteiger partial charge < -0.3 is 24.9 Å². The Morgan fingerprint density at radius 1 is 1.40 bits per heavy atom. The van der Waals surface area contributed by atoms with Gasteiger partial charge in [0.15, 0.2) is 8.32 Å². The van der Waals surface area contributed by atoms with Crippen molar-refractivity contribution in [2.24, 2.45) is 17.8 Å². The normalized spacial score (nSPS) is 30.6. The molecule has 2 aliphatic rings. The molecule has 1 heterocycles. The second-order valence-electron chi connectivity index (χ2n) is 10.3. The van der Waals surface area contributed by atoms with Crippen LogP contribution in [0.1, 0.15) is 47.0 Å². The Hall–Kier alpha value is -1.38. The fourth-order valence-electron chi connectivity index (χ4n) is 4.33. The van der Waals surface area contributed by atoms with Crippen molar-refractivity contribution in [3.05, 3.63) is 12.7 Å². The summed E-state index contributed by atoms with van der Waals surface area (Å²) in [5.41, 5.74) is 0.